The SMILES string of the molecule is CC(C)(C)OC(=O)N(N)c1cc(Br)cc([N+](=O)[O-])c1. The van der Waals surface area contributed by atoms with Crippen molar-refractivity contribution in [2.24, 2.45) is 5.84 Å². The molecule has 19 heavy (non-hydrogen) atoms. The zero-order valence-electron chi connectivity index (χ0n) is 10.7. The van der Waals surface area contributed by atoms with E-state index in [1.807, 2.05) is 0 Å². The second kappa shape index (κ2) is 5.54. The van der Waals surface area contributed by atoms with Gasteiger partial charge >= 0.3 is 6.09 Å². The van der Waals surface area contributed by atoms with E-state index < -0.39 is 16.6 Å². The summed E-state index contributed by atoms with van der Waals surface area (Å²) in [7, 11) is 0. The van der Waals surface area contributed by atoms with Gasteiger partial charge < -0.3 is 4.74 Å². The zero-order chi connectivity index (χ0) is 14.8. The molecule has 1 aromatic carbocycles. The van der Waals surface area contributed by atoms with Crippen LogP contribution in [0.15, 0.2) is 22.7 Å². The molecule has 8 heteroatoms. The molecule has 0 saturated carbocycles. The van der Waals surface area contributed by atoms with Gasteiger partial charge in [0, 0.05) is 16.6 Å². The van der Waals surface area contributed by atoms with E-state index in [1.54, 1.807) is 20.8 Å². The van der Waals surface area contributed by atoms with Gasteiger partial charge in [-0.25, -0.2) is 15.6 Å². The molecule has 2 N–H and O–H groups in total. The Kier molecular flexibility index (Phi) is 4.48. The molecule has 7 nitrogen and oxygen atoms in total. The number of carbonyl (C=O) groups excluding carboxylic acids is 1. The fourth-order valence-electron chi connectivity index (χ4n) is 1.22. The average Bonchev–Trinajstić information content (AvgIpc) is 2.24. The number of nitro benzene ring substituents is 1. The van der Waals surface area contributed by atoms with Crippen LogP contribution in [0.3, 0.4) is 0 Å². The molecular weight excluding hydrogens is 318 g/mol. The van der Waals surface area contributed by atoms with Crippen molar-refractivity contribution in [1.29, 1.82) is 0 Å². The minimum absolute atomic E-state index is 0.162. The van der Waals surface area contributed by atoms with Crippen molar-refractivity contribution in [1.82, 2.24) is 0 Å². The number of anilines is 1. The van der Waals surface area contributed by atoms with Gasteiger partial charge in [0.2, 0.25) is 0 Å². The van der Waals surface area contributed by atoms with Crippen LogP contribution in [0.5, 0.6) is 0 Å². The maximum Gasteiger partial charge on any atom is 0.429 e. The van der Waals surface area contributed by atoms with E-state index in [4.69, 9.17) is 10.6 Å². The molecule has 0 aromatic heterocycles. The third kappa shape index (κ3) is 4.49. The molecule has 0 atom stereocenters. The number of amides is 1. The molecule has 0 bridgehead atoms. The van der Waals surface area contributed by atoms with Gasteiger partial charge in [-0.2, -0.15) is 0 Å². The lowest BCUT2D eigenvalue weighted by Crippen LogP contribution is -2.41. The number of hydrogen-bond acceptors (Lipinski definition) is 5. The lowest BCUT2D eigenvalue weighted by Gasteiger charge is -2.24. The van der Waals surface area contributed by atoms with Gasteiger partial charge in [0.1, 0.15) is 5.60 Å². The zero-order valence-corrected chi connectivity index (χ0v) is 12.3. The molecule has 1 rings (SSSR count). The number of non-ortho nitro benzene ring substituents is 1. The van der Waals surface area contributed by atoms with Crippen LogP contribution in [-0.2, 0) is 4.74 Å². The van der Waals surface area contributed by atoms with Gasteiger partial charge in [0.25, 0.3) is 5.69 Å². The minimum Gasteiger partial charge on any atom is -0.442 e. The summed E-state index contributed by atoms with van der Waals surface area (Å²) in [5.41, 5.74) is -0.717. The minimum atomic E-state index is -0.792. The predicted octanol–water partition coefficient (Wildman–Crippen LogP) is 2.97. The number of carbonyl (C=O) groups is 1. The molecule has 0 fully saturated rings. The van der Waals surface area contributed by atoms with E-state index in [1.165, 1.54) is 18.2 Å². The number of benzene rings is 1. The summed E-state index contributed by atoms with van der Waals surface area (Å²) in [5, 5.41) is 11.5. The summed E-state index contributed by atoms with van der Waals surface area (Å²) >= 11 is 3.12. The van der Waals surface area contributed by atoms with Gasteiger partial charge in [0.05, 0.1) is 10.6 Å². The Morgan fingerprint density at radius 1 is 1.42 bits per heavy atom. The first-order chi connectivity index (χ1) is 8.60. The number of rotatable bonds is 2. The Morgan fingerprint density at radius 2 is 2.00 bits per heavy atom. The first-order valence-corrected chi connectivity index (χ1v) is 6.12. The van der Waals surface area contributed by atoms with Crippen LogP contribution in [0.4, 0.5) is 16.2 Å². The maximum absolute atomic E-state index is 11.7. The first-order valence-electron chi connectivity index (χ1n) is 5.33. The van der Waals surface area contributed by atoms with Crippen molar-refractivity contribution in [2.45, 2.75) is 26.4 Å². The fourth-order valence-corrected chi connectivity index (χ4v) is 1.69. The van der Waals surface area contributed by atoms with E-state index in [-0.39, 0.29) is 11.4 Å². The van der Waals surface area contributed by atoms with Crippen LogP contribution >= 0.6 is 15.9 Å². The number of halogens is 1. The summed E-state index contributed by atoms with van der Waals surface area (Å²) in [6.45, 7) is 5.09. The van der Waals surface area contributed by atoms with E-state index in [0.29, 0.717) is 4.47 Å². The van der Waals surface area contributed by atoms with E-state index in [0.717, 1.165) is 5.01 Å². The van der Waals surface area contributed by atoms with Crippen molar-refractivity contribution in [3.63, 3.8) is 0 Å². The number of nitrogens with two attached hydrogens (primary N) is 1. The molecule has 1 aromatic rings. The average molecular weight is 332 g/mol. The van der Waals surface area contributed by atoms with Crippen LogP contribution in [0.2, 0.25) is 0 Å². The predicted molar refractivity (Wildman–Crippen MR) is 73.7 cm³/mol. The Morgan fingerprint density at radius 3 is 2.47 bits per heavy atom. The summed E-state index contributed by atoms with van der Waals surface area (Å²) in [5.74, 6) is 5.60. The first kappa shape index (κ1) is 15.4. The summed E-state index contributed by atoms with van der Waals surface area (Å²) in [4.78, 5) is 21.9. The van der Waals surface area contributed by atoms with Gasteiger partial charge in [-0.3, -0.25) is 10.1 Å². The fraction of sp³-hybridized carbons (Fsp3) is 0.364. The van der Waals surface area contributed by atoms with Crippen molar-refractivity contribution in [3.05, 3.63) is 32.8 Å². The standard InChI is InChI=1S/C11H14BrN3O4/c1-11(2,3)19-10(16)14(13)8-4-7(12)5-9(6-8)15(17)18/h4-6H,13H2,1-3H3. The number of ether oxygens (including phenoxy) is 1. The Bertz CT molecular complexity index is 513. The molecule has 0 radical (unpaired) electrons. The third-order valence-electron chi connectivity index (χ3n) is 1.95. The highest BCUT2D eigenvalue weighted by Gasteiger charge is 2.22. The van der Waals surface area contributed by atoms with Crippen LogP contribution in [-0.4, -0.2) is 16.6 Å². The molecule has 0 aliphatic carbocycles. The lowest BCUT2D eigenvalue weighted by molar-refractivity contribution is -0.384. The number of hydrogen-bond donors (Lipinski definition) is 1. The highest BCUT2D eigenvalue weighted by atomic mass is 79.9. The van der Waals surface area contributed by atoms with Crippen molar-refractivity contribution in [3.8, 4) is 0 Å². The summed E-state index contributed by atoms with van der Waals surface area (Å²) in [6.07, 6.45) is -0.792. The third-order valence-corrected chi connectivity index (χ3v) is 2.40. The summed E-state index contributed by atoms with van der Waals surface area (Å²) in [6, 6.07) is 3.98. The largest absolute Gasteiger partial charge is 0.442 e. The molecule has 0 spiro atoms. The van der Waals surface area contributed by atoms with Crippen LogP contribution in [0.1, 0.15) is 20.8 Å². The van der Waals surface area contributed by atoms with Crippen LogP contribution in [0, 0.1) is 10.1 Å². The second-order valence-corrected chi connectivity index (χ2v) is 5.69. The maximum atomic E-state index is 11.7. The normalized spacial score (nSPS) is 11.0. The summed E-state index contributed by atoms with van der Waals surface area (Å²) < 4.78 is 5.51. The Balaban J connectivity index is 3.02. The molecule has 1 amide bonds. The van der Waals surface area contributed by atoms with Gasteiger partial charge in [-0.05, 0) is 26.8 Å². The molecule has 104 valence electrons. The molecule has 0 aliphatic rings. The highest BCUT2D eigenvalue weighted by Crippen LogP contribution is 2.26. The van der Waals surface area contributed by atoms with Gasteiger partial charge in [-0.1, -0.05) is 15.9 Å². The number of nitrogens with zero attached hydrogens (tertiary/aromatic N) is 2. The Labute approximate surface area is 118 Å². The van der Waals surface area contributed by atoms with Crippen molar-refractivity contribution < 1.29 is 14.5 Å². The van der Waals surface area contributed by atoms with E-state index in [9.17, 15) is 14.9 Å². The molecule has 0 heterocycles. The molecular formula is C11H14BrN3O4. The van der Waals surface area contributed by atoms with Crippen LogP contribution in [0.25, 0.3) is 0 Å². The monoisotopic (exact) mass is 331 g/mol. The quantitative estimate of drug-likeness (QED) is 0.388. The Hall–Kier alpha value is -1.67. The van der Waals surface area contributed by atoms with E-state index >= 15 is 0 Å². The van der Waals surface area contributed by atoms with E-state index in [2.05, 4.69) is 15.9 Å². The van der Waals surface area contributed by atoms with Gasteiger partial charge in [-0.15, -0.1) is 0 Å². The number of nitro groups is 1. The highest BCUT2D eigenvalue weighted by molar-refractivity contribution is 9.10. The van der Waals surface area contributed by atoms with Gasteiger partial charge in [0.15, 0.2) is 0 Å². The molecule has 0 saturated heterocycles. The smallest absolute Gasteiger partial charge is 0.429 e. The molecule has 0 aliphatic heterocycles. The number of hydrazine groups is 1. The topological polar surface area (TPSA) is 98.7 Å². The lowest BCUT2D eigenvalue weighted by atomic mass is 10.2. The second-order valence-electron chi connectivity index (χ2n) is 4.78. The van der Waals surface area contributed by atoms with Crippen LogP contribution < -0.4 is 10.9 Å². The van der Waals surface area contributed by atoms with Crippen molar-refractivity contribution >= 4 is 33.4 Å². The van der Waals surface area contributed by atoms with Crippen molar-refractivity contribution in [2.75, 3.05) is 5.01 Å². The molecule has 0 unspecified atom stereocenters.